The predicted octanol–water partition coefficient (Wildman–Crippen LogP) is 2.11. The van der Waals surface area contributed by atoms with Crippen LogP contribution >= 0.6 is 0 Å². The van der Waals surface area contributed by atoms with Gasteiger partial charge < -0.3 is 14.4 Å². The van der Waals surface area contributed by atoms with E-state index >= 15 is 0 Å². The molecule has 0 aliphatic carbocycles. The van der Waals surface area contributed by atoms with Crippen molar-refractivity contribution in [3.63, 3.8) is 0 Å². The highest BCUT2D eigenvalue weighted by Gasteiger charge is 2.28. The lowest BCUT2D eigenvalue weighted by Crippen LogP contribution is -2.40. The predicted molar refractivity (Wildman–Crippen MR) is 103 cm³/mol. The van der Waals surface area contributed by atoms with Gasteiger partial charge in [-0.25, -0.2) is 15.0 Å². The van der Waals surface area contributed by atoms with Crippen molar-refractivity contribution in [2.45, 2.75) is 53.1 Å². The van der Waals surface area contributed by atoms with Crippen molar-refractivity contribution >= 4 is 11.7 Å². The summed E-state index contributed by atoms with van der Waals surface area (Å²) in [6, 6.07) is 0. The highest BCUT2D eigenvalue weighted by Crippen LogP contribution is 2.30. The van der Waals surface area contributed by atoms with Crippen LogP contribution in [0.15, 0.2) is 12.4 Å². The third kappa shape index (κ3) is 3.68. The lowest BCUT2D eigenvalue weighted by Gasteiger charge is -2.37. The van der Waals surface area contributed by atoms with Crippen molar-refractivity contribution in [1.29, 1.82) is 0 Å². The molecule has 0 unspecified atom stereocenters. The molecule has 1 amide bonds. The summed E-state index contributed by atoms with van der Waals surface area (Å²) in [4.78, 5) is 29.9. The number of aromatic nitrogens is 4. The minimum absolute atomic E-state index is 0.118. The van der Waals surface area contributed by atoms with Crippen molar-refractivity contribution in [3.8, 4) is 0 Å². The summed E-state index contributed by atoms with van der Waals surface area (Å²) in [5.41, 5.74) is 2.25. The lowest BCUT2D eigenvalue weighted by atomic mass is 9.96. The molecular weight excluding hydrogens is 340 g/mol. The number of piperidine rings is 1. The fourth-order valence-electron chi connectivity index (χ4n) is 4.34. The molecule has 0 aromatic carbocycles. The molecule has 2 aromatic heterocycles. The van der Waals surface area contributed by atoms with Crippen molar-refractivity contribution in [1.82, 2.24) is 24.4 Å². The largest absolute Gasteiger partial charge is 0.356 e. The molecule has 27 heavy (non-hydrogen) atoms. The number of amides is 1. The Morgan fingerprint density at radius 2 is 2.11 bits per heavy atom. The van der Waals surface area contributed by atoms with E-state index in [1.54, 1.807) is 6.92 Å². The van der Waals surface area contributed by atoms with E-state index in [0.29, 0.717) is 12.5 Å². The number of fused-ring (bicyclic) bond motifs is 1. The Balaban J connectivity index is 1.56. The zero-order chi connectivity index (χ0) is 19.0. The number of rotatable bonds is 3. The second kappa shape index (κ2) is 7.29. The average Bonchev–Trinajstić information content (AvgIpc) is 3.05. The van der Waals surface area contributed by atoms with Gasteiger partial charge in [0.2, 0.25) is 5.91 Å². The topological polar surface area (TPSA) is 67.2 Å². The van der Waals surface area contributed by atoms with Gasteiger partial charge in [0.1, 0.15) is 17.5 Å². The zero-order valence-electron chi connectivity index (χ0n) is 16.5. The van der Waals surface area contributed by atoms with Crippen LogP contribution in [-0.2, 0) is 24.3 Å². The number of carbonyl (C=O) groups excluding carboxylic acids is 1. The van der Waals surface area contributed by atoms with Gasteiger partial charge >= 0.3 is 0 Å². The highest BCUT2D eigenvalue weighted by molar-refractivity contribution is 5.73. The summed E-state index contributed by atoms with van der Waals surface area (Å²) in [5.74, 6) is 3.67. The molecule has 4 rings (SSSR count). The van der Waals surface area contributed by atoms with E-state index in [0.717, 1.165) is 55.8 Å². The molecule has 0 spiro atoms. The Hall–Kier alpha value is -2.44. The number of hydrogen-bond acceptors (Lipinski definition) is 5. The third-order valence-corrected chi connectivity index (χ3v) is 5.80. The molecule has 1 fully saturated rings. The van der Waals surface area contributed by atoms with Gasteiger partial charge in [-0.2, -0.15) is 0 Å². The van der Waals surface area contributed by atoms with Crippen LogP contribution in [0.5, 0.6) is 0 Å². The molecule has 2 aromatic rings. The molecule has 2 aliphatic rings. The average molecular weight is 368 g/mol. The Kier molecular flexibility index (Phi) is 4.85. The minimum atomic E-state index is 0.118. The maximum absolute atomic E-state index is 11.8. The molecule has 4 heterocycles. The van der Waals surface area contributed by atoms with E-state index in [1.807, 2.05) is 18.0 Å². The minimum Gasteiger partial charge on any atom is -0.356 e. The first kappa shape index (κ1) is 17.9. The Morgan fingerprint density at radius 1 is 1.26 bits per heavy atom. The van der Waals surface area contributed by atoms with Crippen LogP contribution in [0.3, 0.4) is 0 Å². The lowest BCUT2D eigenvalue weighted by molar-refractivity contribution is -0.129. The number of aryl methyl sites for hydroxylation is 2. The second-order valence-electron chi connectivity index (χ2n) is 7.79. The molecule has 0 N–H and O–H groups in total. The second-order valence-corrected chi connectivity index (χ2v) is 7.79. The number of nitrogens with zero attached hydrogens (tertiary/aromatic N) is 6. The van der Waals surface area contributed by atoms with E-state index in [9.17, 15) is 4.79 Å². The summed E-state index contributed by atoms with van der Waals surface area (Å²) < 4.78 is 2.25. The quantitative estimate of drug-likeness (QED) is 0.830. The monoisotopic (exact) mass is 368 g/mol. The summed E-state index contributed by atoms with van der Waals surface area (Å²) in [6.07, 6.45) is 7.20. The van der Waals surface area contributed by atoms with Gasteiger partial charge in [0.25, 0.3) is 0 Å². The van der Waals surface area contributed by atoms with Gasteiger partial charge in [0.15, 0.2) is 0 Å². The summed E-state index contributed by atoms with van der Waals surface area (Å²) in [7, 11) is 0. The molecule has 2 aliphatic heterocycles. The number of hydrogen-bond donors (Lipinski definition) is 0. The molecule has 7 nitrogen and oxygen atoms in total. The van der Waals surface area contributed by atoms with Crippen LogP contribution in [0.1, 0.15) is 42.7 Å². The van der Waals surface area contributed by atoms with Crippen LogP contribution in [0.4, 0.5) is 5.82 Å². The number of imidazole rings is 1. The Labute approximate surface area is 160 Å². The van der Waals surface area contributed by atoms with Crippen LogP contribution in [0.2, 0.25) is 0 Å². The van der Waals surface area contributed by atoms with Crippen molar-refractivity contribution in [2.75, 3.05) is 24.5 Å². The van der Waals surface area contributed by atoms with Gasteiger partial charge in [0, 0.05) is 51.1 Å². The first-order chi connectivity index (χ1) is 13.0. The molecular formula is C20H28N6O. The van der Waals surface area contributed by atoms with Crippen molar-refractivity contribution < 1.29 is 4.79 Å². The zero-order valence-corrected chi connectivity index (χ0v) is 16.5. The SMILES string of the molecule is CC(=O)N1CCc2c(nc(C)nc2N2CCC[C@@H](Cn3ccnc3C)C2)C1. The number of carbonyl (C=O) groups is 1. The molecule has 1 atom stereocenters. The van der Waals surface area contributed by atoms with Crippen molar-refractivity contribution in [3.05, 3.63) is 35.3 Å². The normalized spacial score (nSPS) is 19.9. The summed E-state index contributed by atoms with van der Waals surface area (Å²) in [6.45, 7) is 10.1. The first-order valence-electron chi connectivity index (χ1n) is 9.86. The van der Waals surface area contributed by atoms with Crippen LogP contribution < -0.4 is 4.90 Å². The van der Waals surface area contributed by atoms with Gasteiger partial charge in [-0.3, -0.25) is 4.79 Å². The molecule has 144 valence electrons. The Bertz CT molecular complexity index is 845. The maximum Gasteiger partial charge on any atom is 0.219 e. The van der Waals surface area contributed by atoms with Gasteiger partial charge in [-0.05, 0) is 39.0 Å². The van der Waals surface area contributed by atoms with Crippen LogP contribution in [-0.4, -0.2) is 50.0 Å². The fraction of sp³-hybridized carbons (Fsp3) is 0.600. The molecule has 0 saturated carbocycles. The first-order valence-corrected chi connectivity index (χ1v) is 9.86. The van der Waals surface area contributed by atoms with Gasteiger partial charge in [-0.15, -0.1) is 0 Å². The smallest absolute Gasteiger partial charge is 0.219 e. The van der Waals surface area contributed by atoms with Crippen LogP contribution in [0.25, 0.3) is 0 Å². The maximum atomic E-state index is 11.8. The fourth-order valence-corrected chi connectivity index (χ4v) is 4.34. The molecule has 0 bridgehead atoms. The van der Waals surface area contributed by atoms with E-state index in [4.69, 9.17) is 4.98 Å². The number of anilines is 1. The molecule has 1 saturated heterocycles. The summed E-state index contributed by atoms with van der Waals surface area (Å²) in [5, 5.41) is 0. The van der Waals surface area contributed by atoms with Gasteiger partial charge in [0.05, 0.1) is 12.2 Å². The Morgan fingerprint density at radius 3 is 2.85 bits per heavy atom. The van der Waals surface area contributed by atoms with E-state index in [2.05, 4.69) is 32.6 Å². The standard InChI is InChI=1S/C20H28N6O/c1-14-22-19-13-25(16(3)27)9-6-18(19)20(23-14)26-8-4-5-17(12-26)11-24-10-7-21-15(24)2/h7,10,17H,4-6,8-9,11-13H2,1-3H3/t17-/m0/s1. The highest BCUT2D eigenvalue weighted by atomic mass is 16.2. The van der Waals surface area contributed by atoms with E-state index < -0.39 is 0 Å². The van der Waals surface area contributed by atoms with E-state index in [1.165, 1.54) is 18.4 Å². The summed E-state index contributed by atoms with van der Waals surface area (Å²) >= 11 is 0. The van der Waals surface area contributed by atoms with Crippen molar-refractivity contribution in [2.24, 2.45) is 5.92 Å². The molecule has 0 radical (unpaired) electrons. The molecule has 7 heteroatoms. The third-order valence-electron chi connectivity index (χ3n) is 5.80. The van der Waals surface area contributed by atoms with Gasteiger partial charge in [-0.1, -0.05) is 0 Å². The van der Waals surface area contributed by atoms with E-state index in [-0.39, 0.29) is 5.91 Å². The van der Waals surface area contributed by atoms with Crippen LogP contribution in [0, 0.1) is 19.8 Å².